The fraction of sp³-hybridized carbons (Fsp3) is 0.486. The van der Waals surface area contributed by atoms with Crippen LogP contribution in [0.2, 0.25) is 0 Å². The van der Waals surface area contributed by atoms with Crippen LogP contribution in [0, 0.1) is 34.6 Å². The first-order chi connectivity index (χ1) is 21.8. The number of aromatic nitrogens is 2. The Morgan fingerprint density at radius 3 is 1.57 bits per heavy atom. The average molecular weight is 671 g/mol. The minimum absolute atomic E-state index is 0. The highest BCUT2D eigenvalue weighted by Crippen LogP contribution is 2.23. The molecule has 3 rings (SSSR count). The van der Waals surface area contributed by atoms with Crippen molar-refractivity contribution in [1.82, 2.24) is 20.6 Å². The van der Waals surface area contributed by atoms with Gasteiger partial charge in [-0.2, -0.15) is 0 Å². The van der Waals surface area contributed by atoms with Gasteiger partial charge in [0.2, 0.25) is 11.8 Å². The van der Waals surface area contributed by atoms with Crippen LogP contribution in [0.3, 0.4) is 0 Å². The van der Waals surface area contributed by atoms with Crippen molar-refractivity contribution in [2.24, 2.45) is 11.5 Å². The molecular formula is C35H51ClN6O5. The first kappa shape index (κ1) is 39.2. The molecule has 0 spiro atoms. The summed E-state index contributed by atoms with van der Waals surface area (Å²) in [5.74, 6) is -0.0520. The molecule has 0 aliphatic rings. The zero-order valence-electron chi connectivity index (χ0n) is 28.2. The predicted molar refractivity (Wildman–Crippen MR) is 187 cm³/mol. The zero-order valence-corrected chi connectivity index (χ0v) is 29.0. The molecule has 1 heterocycles. The number of hydrogen-bond acceptors (Lipinski definition) is 8. The van der Waals surface area contributed by atoms with Crippen LogP contribution in [0.4, 0.5) is 0 Å². The summed E-state index contributed by atoms with van der Waals surface area (Å²) in [7, 11) is 0. The van der Waals surface area contributed by atoms with Gasteiger partial charge in [0.05, 0.1) is 17.8 Å². The van der Waals surface area contributed by atoms with Crippen molar-refractivity contribution in [3.8, 4) is 11.5 Å². The Kier molecular flexibility index (Phi) is 15.4. The van der Waals surface area contributed by atoms with Gasteiger partial charge in [0.15, 0.2) is 0 Å². The van der Waals surface area contributed by atoms with Crippen molar-refractivity contribution in [2.75, 3.05) is 13.1 Å². The van der Waals surface area contributed by atoms with Crippen molar-refractivity contribution < 1.29 is 19.8 Å². The smallest absolute Gasteiger partial charge is 0.269 e. The van der Waals surface area contributed by atoms with E-state index in [0.29, 0.717) is 57.3 Å². The molecule has 11 nitrogen and oxygen atoms in total. The molecule has 2 atom stereocenters. The Labute approximate surface area is 283 Å². The number of nitrogens with one attached hydrogen (secondary N) is 3. The van der Waals surface area contributed by atoms with Gasteiger partial charge in [0.1, 0.15) is 17.2 Å². The molecule has 1 aromatic heterocycles. The number of aromatic amines is 1. The van der Waals surface area contributed by atoms with E-state index in [2.05, 4.69) is 20.6 Å². The second kappa shape index (κ2) is 18.4. The van der Waals surface area contributed by atoms with Crippen molar-refractivity contribution >= 4 is 24.2 Å². The number of H-pyrrole nitrogens is 1. The number of nitrogens with two attached hydrogens (primary N) is 2. The van der Waals surface area contributed by atoms with Crippen molar-refractivity contribution in [3.63, 3.8) is 0 Å². The number of carbonyl (C=O) groups excluding carboxylic acids is 2. The Morgan fingerprint density at radius 1 is 0.745 bits per heavy atom. The van der Waals surface area contributed by atoms with Crippen LogP contribution in [0.5, 0.6) is 11.5 Å². The normalized spacial score (nSPS) is 12.2. The molecule has 0 saturated carbocycles. The number of phenolic OH excluding ortho intramolecular Hbond substituents is 2. The third kappa shape index (κ3) is 11.7. The summed E-state index contributed by atoms with van der Waals surface area (Å²) in [5.41, 5.74) is 19.7. The van der Waals surface area contributed by atoms with Gasteiger partial charge in [0.25, 0.3) is 5.56 Å². The zero-order chi connectivity index (χ0) is 34.0. The molecule has 0 aliphatic carbocycles. The number of benzene rings is 2. The quantitative estimate of drug-likeness (QED) is 0.113. The van der Waals surface area contributed by atoms with E-state index >= 15 is 0 Å². The molecule has 0 radical (unpaired) electrons. The number of halogens is 1. The van der Waals surface area contributed by atoms with Crippen LogP contribution in [0.1, 0.15) is 76.1 Å². The highest BCUT2D eigenvalue weighted by Gasteiger charge is 2.18. The standard InChI is InChI=1S/C35H50N6O5.ClH/c1-20-14-25(42)15-21(2)27(20)18-29(36)33(44)38-12-8-6-10-31-24(5)40-32(35(46)41-31)11-7-9-13-39-34(45)30(37)19-28-22(3)16-26(43)17-23(28)4;/h14-17,29-30,42-43H,6-13,18-19,36-37H2,1-5H3,(H,38,44)(H,39,45)(H,41,46);1H/t29-,30+;/m0./s1. The van der Waals surface area contributed by atoms with Gasteiger partial charge in [-0.3, -0.25) is 19.4 Å². The number of amides is 2. The topological polar surface area (TPSA) is 196 Å². The SMILES string of the molecule is Cc1cc(O)cc(C)c1C[C@@H](N)C(=O)NCCCCc1nc(C)c(CCCCNC(=O)[C@@H](N)Cc2c(C)cc(O)cc2C)[nH]c1=O.Cl. The lowest BCUT2D eigenvalue weighted by Gasteiger charge is -2.16. The Bertz CT molecular complexity index is 1550. The Hall–Kier alpha value is -3.93. The number of unbranched alkanes of at least 4 members (excludes halogenated alkanes) is 2. The van der Waals surface area contributed by atoms with E-state index in [-0.39, 0.29) is 41.3 Å². The number of aryl methyl sites for hydroxylation is 7. The molecule has 9 N–H and O–H groups in total. The third-order valence-electron chi connectivity index (χ3n) is 8.44. The third-order valence-corrected chi connectivity index (χ3v) is 8.44. The Balaban J connectivity index is 0.00000768. The van der Waals surface area contributed by atoms with Gasteiger partial charge in [-0.15, -0.1) is 12.4 Å². The lowest BCUT2D eigenvalue weighted by Crippen LogP contribution is -2.42. The number of nitrogens with zero attached hydrogens (tertiary/aromatic N) is 1. The van der Waals surface area contributed by atoms with E-state index < -0.39 is 12.1 Å². The maximum atomic E-state index is 12.7. The molecule has 47 heavy (non-hydrogen) atoms. The highest BCUT2D eigenvalue weighted by atomic mass is 35.5. The maximum Gasteiger partial charge on any atom is 0.269 e. The molecule has 0 aliphatic heterocycles. The van der Waals surface area contributed by atoms with Crippen LogP contribution in [-0.4, -0.2) is 57.2 Å². The van der Waals surface area contributed by atoms with E-state index in [1.807, 2.05) is 34.6 Å². The minimum atomic E-state index is -0.694. The summed E-state index contributed by atoms with van der Waals surface area (Å²) in [6.45, 7) is 10.4. The second-order valence-corrected chi connectivity index (χ2v) is 12.3. The van der Waals surface area contributed by atoms with Crippen LogP contribution in [0.15, 0.2) is 29.1 Å². The summed E-state index contributed by atoms with van der Waals surface area (Å²) in [5, 5.41) is 25.2. The predicted octanol–water partition coefficient (Wildman–Crippen LogP) is 3.16. The molecule has 12 heteroatoms. The van der Waals surface area contributed by atoms with Crippen LogP contribution >= 0.6 is 12.4 Å². The largest absolute Gasteiger partial charge is 0.508 e. The minimum Gasteiger partial charge on any atom is -0.508 e. The Morgan fingerprint density at radius 2 is 1.15 bits per heavy atom. The van der Waals surface area contributed by atoms with Crippen molar-refractivity contribution in [2.45, 2.75) is 98.1 Å². The monoisotopic (exact) mass is 670 g/mol. The summed E-state index contributed by atoms with van der Waals surface area (Å²) in [6, 6.07) is 5.30. The number of phenols is 2. The number of aromatic hydroxyl groups is 2. The molecule has 0 bridgehead atoms. The maximum absolute atomic E-state index is 12.7. The lowest BCUT2D eigenvalue weighted by molar-refractivity contribution is -0.123. The van der Waals surface area contributed by atoms with Crippen LogP contribution in [-0.2, 0) is 35.3 Å². The molecule has 258 valence electrons. The fourth-order valence-corrected chi connectivity index (χ4v) is 5.77. The molecule has 3 aromatic rings. The fourth-order valence-electron chi connectivity index (χ4n) is 5.77. The summed E-state index contributed by atoms with van der Waals surface area (Å²) in [4.78, 5) is 45.2. The number of hydrogen-bond donors (Lipinski definition) is 7. The summed E-state index contributed by atoms with van der Waals surface area (Å²) < 4.78 is 0. The van der Waals surface area contributed by atoms with E-state index in [9.17, 15) is 24.6 Å². The first-order valence-electron chi connectivity index (χ1n) is 16.0. The van der Waals surface area contributed by atoms with Gasteiger partial charge in [0, 0.05) is 18.8 Å². The van der Waals surface area contributed by atoms with E-state index in [0.717, 1.165) is 57.6 Å². The summed E-state index contributed by atoms with van der Waals surface area (Å²) in [6.07, 6.45) is 4.78. The van der Waals surface area contributed by atoms with Gasteiger partial charge >= 0.3 is 0 Å². The van der Waals surface area contributed by atoms with Gasteiger partial charge in [-0.1, -0.05) is 0 Å². The van der Waals surface area contributed by atoms with Gasteiger partial charge < -0.3 is 37.3 Å². The van der Waals surface area contributed by atoms with Gasteiger partial charge in [-0.05, 0) is 144 Å². The average Bonchev–Trinajstić information content (AvgIpc) is 2.97. The molecule has 2 aromatic carbocycles. The molecule has 0 unspecified atom stereocenters. The molecule has 0 saturated heterocycles. The molecular weight excluding hydrogens is 620 g/mol. The van der Waals surface area contributed by atoms with Crippen LogP contribution in [0.25, 0.3) is 0 Å². The number of carbonyl (C=O) groups is 2. The van der Waals surface area contributed by atoms with Crippen LogP contribution < -0.4 is 27.7 Å². The summed E-state index contributed by atoms with van der Waals surface area (Å²) >= 11 is 0. The van der Waals surface area contributed by atoms with Gasteiger partial charge in [-0.25, -0.2) is 0 Å². The number of rotatable bonds is 16. The lowest BCUT2D eigenvalue weighted by atomic mass is 9.96. The molecule has 0 fully saturated rings. The highest BCUT2D eigenvalue weighted by molar-refractivity contribution is 5.85. The van der Waals surface area contributed by atoms with E-state index in [1.165, 1.54) is 0 Å². The molecule has 2 amide bonds. The second-order valence-electron chi connectivity index (χ2n) is 12.3. The van der Waals surface area contributed by atoms with Crippen molar-refractivity contribution in [3.05, 3.63) is 85.1 Å². The van der Waals surface area contributed by atoms with E-state index in [4.69, 9.17) is 11.5 Å². The van der Waals surface area contributed by atoms with E-state index in [1.54, 1.807) is 24.3 Å². The van der Waals surface area contributed by atoms with Crippen molar-refractivity contribution in [1.29, 1.82) is 0 Å². The first-order valence-corrected chi connectivity index (χ1v) is 16.0.